The molecule has 136 valence electrons. The zero-order chi connectivity index (χ0) is 19.1. The molecule has 0 spiro atoms. The van der Waals surface area contributed by atoms with Crippen molar-refractivity contribution in [1.29, 1.82) is 0 Å². The van der Waals surface area contributed by atoms with E-state index >= 15 is 0 Å². The van der Waals surface area contributed by atoms with Crippen LogP contribution in [0.25, 0.3) is 22.0 Å². The third-order valence-corrected chi connectivity index (χ3v) is 5.38. The standard InChI is InChI=1S/C24H17ClN2O/c25-18-11-12-20-19(13-18)22(17-9-5-2-6-10-17)23-21(26-20)15-27(24(23)28)14-16-7-3-1-4-8-16/h1-13H,14-15H2. The van der Waals surface area contributed by atoms with Crippen LogP contribution in [0.1, 0.15) is 21.6 Å². The Labute approximate surface area is 168 Å². The Morgan fingerprint density at radius 3 is 2.36 bits per heavy atom. The molecule has 0 saturated heterocycles. The Balaban J connectivity index is 1.69. The molecule has 0 bridgehead atoms. The monoisotopic (exact) mass is 384 g/mol. The van der Waals surface area contributed by atoms with Crippen LogP contribution in [0.2, 0.25) is 5.02 Å². The Morgan fingerprint density at radius 1 is 0.893 bits per heavy atom. The molecule has 0 saturated carbocycles. The van der Waals surface area contributed by atoms with Gasteiger partial charge in [-0.05, 0) is 29.3 Å². The predicted molar refractivity (Wildman–Crippen MR) is 112 cm³/mol. The van der Waals surface area contributed by atoms with Gasteiger partial charge in [-0.1, -0.05) is 72.3 Å². The van der Waals surface area contributed by atoms with E-state index in [-0.39, 0.29) is 5.91 Å². The molecule has 1 aliphatic rings. The lowest BCUT2D eigenvalue weighted by Gasteiger charge is -2.15. The normalized spacial score (nSPS) is 13.2. The summed E-state index contributed by atoms with van der Waals surface area (Å²) in [6.45, 7) is 1.09. The van der Waals surface area contributed by atoms with Gasteiger partial charge in [0, 0.05) is 22.5 Å². The lowest BCUT2D eigenvalue weighted by atomic mass is 9.95. The highest BCUT2D eigenvalue weighted by molar-refractivity contribution is 6.31. The number of benzene rings is 3. The minimum absolute atomic E-state index is 0.0204. The van der Waals surface area contributed by atoms with E-state index < -0.39 is 0 Å². The molecule has 0 aliphatic carbocycles. The van der Waals surface area contributed by atoms with Gasteiger partial charge >= 0.3 is 0 Å². The number of amides is 1. The minimum Gasteiger partial charge on any atom is -0.328 e. The molecule has 0 atom stereocenters. The van der Waals surface area contributed by atoms with Gasteiger partial charge in [-0.25, -0.2) is 0 Å². The number of carbonyl (C=O) groups is 1. The van der Waals surface area contributed by atoms with Crippen LogP contribution >= 0.6 is 11.6 Å². The van der Waals surface area contributed by atoms with Crippen LogP contribution in [-0.2, 0) is 13.1 Å². The summed E-state index contributed by atoms with van der Waals surface area (Å²) in [5.74, 6) is 0.0204. The molecule has 5 rings (SSSR count). The Morgan fingerprint density at radius 2 is 1.61 bits per heavy atom. The number of fused-ring (bicyclic) bond motifs is 2. The average Bonchev–Trinajstić information content (AvgIpc) is 3.03. The maximum absolute atomic E-state index is 13.4. The van der Waals surface area contributed by atoms with E-state index in [0.717, 1.165) is 33.3 Å². The third-order valence-electron chi connectivity index (χ3n) is 5.14. The van der Waals surface area contributed by atoms with Crippen molar-refractivity contribution >= 4 is 28.4 Å². The first kappa shape index (κ1) is 17.0. The molecule has 0 fully saturated rings. The summed E-state index contributed by atoms with van der Waals surface area (Å²) < 4.78 is 0. The Bertz CT molecular complexity index is 1190. The molecule has 3 nitrogen and oxygen atoms in total. The SMILES string of the molecule is O=C1c2c(nc3ccc(Cl)cc3c2-c2ccccc2)CN1Cc1ccccc1. The lowest BCUT2D eigenvalue weighted by molar-refractivity contribution is 0.0767. The summed E-state index contributed by atoms with van der Waals surface area (Å²) in [4.78, 5) is 20.0. The second-order valence-corrected chi connectivity index (χ2v) is 7.42. The smallest absolute Gasteiger partial charge is 0.257 e. The summed E-state index contributed by atoms with van der Waals surface area (Å²) in [5.41, 5.74) is 5.41. The molecule has 4 heteroatoms. The molecule has 3 aromatic carbocycles. The average molecular weight is 385 g/mol. The van der Waals surface area contributed by atoms with E-state index in [2.05, 4.69) is 0 Å². The second-order valence-electron chi connectivity index (χ2n) is 6.98. The number of hydrogen-bond acceptors (Lipinski definition) is 2. The number of nitrogens with zero attached hydrogens (tertiary/aromatic N) is 2. The van der Waals surface area contributed by atoms with Gasteiger partial charge in [-0.2, -0.15) is 0 Å². The number of hydrogen-bond donors (Lipinski definition) is 0. The highest BCUT2D eigenvalue weighted by atomic mass is 35.5. The van der Waals surface area contributed by atoms with Gasteiger partial charge in [0.15, 0.2) is 0 Å². The molecular formula is C24H17ClN2O. The van der Waals surface area contributed by atoms with Gasteiger partial charge < -0.3 is 4.90 Å². The lowest BCUT2D eigenvalue weighted by Crippen LogP contribution is -2.23. The second kappa shape index (κ2) is 6.77. The van der Waals surface area contributed by atoms with Crippen LogP contribution in [0.15, 0.2) is 78.9 Å². The van der Waals surface area contributed by atoms with Crippen LogP contribution in [0.5, 0.6) is 0 Å². The van der Waals surface area contributed by atoms with Gasteiger partial charge in [-0.3, -0.25) is 9.78 Å². The van der Waals surface area contributed by atoms with Crippen LogP contribution in [0.3, 0.4) is 0 Å². The van der Waals surface area contributed by atoms with Crippen molar-refractivity contribution in [2.75, 3.05) is 0 Å². The van der Waals surface area contributed by atoms with Crippen LogP contribution in [0.4, 0.5) is 0 Å². The van der Waals surface area contributed by atoms with Gasteiger partial charge in [0.2, 0.25) is 0 Å². The molecule has 1 aliphatic heterocycles. The molecule has 0 unspecified atom stereocenters. The van der Waals surface area contributed by atoms with Gasteiger partial charge in [0.1, 0.15) is 0 Å². The minimum atomic E-state index is 0.0204. The fourth-order valence-corrected chi connectivity index (χ4v) is 4.05. The fourth-order valence-electron chi connectivity index (χ4n) is 3.88. The van der Waals surface area contributed by atoms with Gasteiger partial charge in [0.25, 0.3) is 5.91 Å². The molecule has 4 aromatic rings. The summed E-state index contributed by atoms with van der Waals surface area (Å²) in [7, 11) is 0. The summed E-state index contributed by atoms with van der Waals surface area (Å²) in [6, 6.07) is 25.7. The number of carbonyl (C=O) groups excluding carboxylic acids is 1. The molecule has 0 radical (unpaired) electrons. The fraction of sp³-hybridized carbons (Fsp3) is 0.0833. The van der Waals surface area contributed by atoms with Crippen molar-refractivity contribution in [3.8, 4) is 11.1 Å². The van der Waals surface area contributed by atoms with Crippen molar-refractivity contribution in [3.05, 3.63) is 101 Å². The summed E-state index contributed by atoms with van der Waals surface area (Å²) in [5, 5.41) is 1.55. The van der Waals surface area contributed by atoms with Crippen molar-refractivity contribution in [3.63, 3.8) is 0 Å². The maximum Gasteiger partial charge on any atom is 0.257 e. The number of aromatic nitrogens is 1. The first-order valence-electron chi connectivity index (χ1n) is 9.21. The van der Waals surface area contributed by atoms with Crippen molar-refractivity contribution in [1.82, 2.24) is 9.88 Å². The van der Waals surface area contributed by atoms with Crippen LogP contribution < -0.4 is 0 Å². The molecular weight excluding hydrogens is 368 g/mol. The van der Waals surface area contributed by atoms with Crippen molar-refractivity contribution in [2.24, 2.45) is 0 Å². The van der Waals surface area contributed by atoms with Crippen LogP contribution in [0, 0.1) is 0 Å². The van der Waals surface area contributed by atoms with E-state index in [1.807, 2.05) is 83.8 Å². The van der Waals surface area contributed by atoms with Crippen molar-refractivity contribution < 1.29 is 4.79 Å². The highest BCUT2D eigenvalue weighted by Gasteiger charge is 2.33. The van der Waals surface area contributed by atoms with E-state index in [1.54, 1.807) is 0 Å². The van der Waals surface area contributed by atoms with E-state index in [9.17, 15) is 4.79 Å². The maximum atomic E-state index is 13.4. The zero-order valence-corrected chi connectivity index (χ0v) is 15.9. The molecule has 1 aromatic heterocycles. The van der Waals surface area contributed by atoms with Gasteiger partial charge in [0.05, 0.1) is 23.3 Å². The Hall–Kier alpha value is -3.17. The predicted octanol–water partition coefficient (Wildman–Crippen LogP) is 5.71. The topological polar surface area (TPSA) is 33.2 Å². The summed E-state index contributed by atoms with van der Waals surface area (Å²) in [6.07, 6.45) is 0. The van der Waals surface area contributed by atoms with E-state index in [4.69, 9.17) is 16.6 Å². The first-order chi connectivity index (χ1) is 13.7. The highest BCUT2D eigenvalue weighted by Crippen LogP contribution is 2.38. The quantitative estimate of drug-likeness (QED) is 0.453. The van der Waals surface area contributed by atoms with Crippen molar-refractivity contribution in [2.45, 2.75) is 13.1 Å². The van der Waals surface area contributed by atoms with Crippen LogP contribution in [-0.4, -0.2) is 15.8 Å². The Kier molecular flexibility index (Phi) is 4.10. The molecule has 28 heavy (non-hydrogen) atoms. The summed E-state index contributed by atoms with van der Waals surface area (Å²) >= 11 is 6.28. The molecule has 1 amide bonds. The van der Waals surface area contributed by atoms with E-state index in [1.165, 1.54) is 0 Å². The zero-order valence-electron chi connectivity index (χ0n) is 15.1. The van der Waals surface area contributed by atoms with E-state index in [0.29, 0.717) is 23.7 Å². The molecule has 0 N–H and O–H groups in total. The largest absolute Gasteiger partial charge is 0.328 e. The third kappa shape index (κ3) is 2.85. The molecule has 2 heterocycles. The first-order valence-corrected chi connectivity index (χ1v) is 9.59. The number of halogens is 1. The van der Waals surface area contributed by atoms with Gasteiger partial charge in [-0.15, -0.1) is 0 Å². The number of pyridine rings is 1. The number of rotatable bonds is 3.